The molecule has 0 saturated heterocycles. The third-order valence-electron chi connectivity index (χ3n) is 3.23. The van der Waals surface area contributed by atoms with Gasteiger partial charge in [-0.05, 0) is 0 Å². The maximum absolute atomic E-state index is 11.1. The summed E-state index contributed by atoms with van der Waals surface area (Å²) in [5.74, 6) is -6.48. The fourth-order valence-corrected chi connectivity index (χ4v) is 1.70. The van der Waals surface area contributed by atoms with Crippen molar-refractivity contribution in [2.75, 3.05) is 26.4 Å². The van der Waals surface area contributed by atoms with Crippen LogP contribution in [-0.4, -0.2) is 70.4 Å². The molecular weight excluding hydrogens is 392 g/mol. The van der Waals surface area contributed by atoms with Crippen molar-refractivity contribution in [1.29, 1.82) is 0 Å². The molecule has 0 aliphatic heterocycles. The van der Waals surface area contributed by atoms with Crippen LogP contribution in [0.4, 0.5) is 0 Å². The van der Waals surface area contributed by atoms with E-state index in [9.17, 15) is 44.7 Å². The van der Waals surface area contributed by atoms with Gasteiger partial charge in [-0.3, -0.25) is 50.0 Å². The number of nitrogens with one attached hydrogen (secondary N) is 1. The zero-order valence-electron chi connectivity index (χ0n) is 15.1. The summed E-state index contributed by atoms with van der Waals surface area (Å²) < 4.78 is 14.2. The third kappa shape index (κ3) is 6.71. The highest BCUT2D eigenvalue weighted by Gasteiger charge is 2.70. The predicted octanol–water partition coefficient (Wildman–Crippen LogP) is -1.51. The highest BCUT2D eigenvalue weighted by atomic mass is 16.7. The Morgan fingerprint density at radius 3 is 1.25 bits per heavy atom. The van der Waals surface area contributed by atoms with Crippen LogP contribution in [0.25, 0.3) is 0 Å². The van der Waals surface area contributed by atoms with Gasteiger partial charge in [-0.2, -0.15) is 0 Å². The van der Waals surface area contributed by atoms with Crippen molar-refractivity contribution >= 4 is 17.9 Å². The fraction of sp³-hybridized carbons (Fsp3) is 0.750. The Labute approximate surface area is 156 Å². The summed E-state index contributed by atoms with van der Waals surface area (Å²) in [5.41, 5.74) is -1.93. The first-order valence-corrected chi connectivity index (χ1v) is 7.37. The predicted molar refractivity (Wildman–Crippen MR) is 84.3 cm³/mol. The van der Waals surface area contributed by atoms with E-state index >= 15 is 0 Å². The van der Waals surface area contributed by atoms with E-state index in [1.165, 1.54) is 0 Å². The molecule has 0 aromatic rings. The molecular formula is C12H18N4O12. The molecule has 0 aliphatic rings. The van der Waals surface area contributed by atoms with Crippen LogP contribution in [0.2, 0.25) is 0 Å². The average molecular weight is 410 g/mol. The molecule has 0 heterocycles. The Morgan fingerprint density at radius 1 is 0.750 bits per heavy atom. The second-order valence-corrected chi connectivity index (χ2v) is 5.52. The zero-order valence-corrected chi connectivity index (χ0v) is 15.1. The molecule has 0 radical (unpaired) electrons. The molecule has 0 aromatic heterocycles. The van der Waals surface area contributed by atoms with Crippen LogP contribution in [0, 0.1) is 30.3 Å². The van der Waals surface area contributed by atoms with Crippen LogP contribution >= 0.6 is 0 Å². The molecule has 28 heavy (non-hydrogen) atoms. The molecule has 0 spiro atoms. The van der Waals surface area contributed by atoms with Crippen LogP contribution in [-0.2, 0) is 28.6 Å². The van der Waals surface area contributed by atoms with Gasteiger partial charge < -0.3 is 14.2 Å². The molecule has 0 bridgehead atoms. The molecule has 1 N–H and O–H groups in total. The molecule has 0 unspecified atom stereocenters. The standard InChI is InChI=1S/C12H18N4O12/c1-8(17)26-5-11(6-27-9(2)18,7-28-10(3)19)13-4-12(14(20)21,15(22)23)16(24)25/h13H,4-7H2,1-3H3. The largest absolute Gasteiger partial charge is 0.712 e. The molecule has 0 amide bonds. The number of rotatable bonds is 12. The summed E-state index contributed by atoms with van der Waals surface area (Å²) in [4.78, 5) is 61.3. The van der Waals surface area contributed by atoms with E-state index in [2.05, 4.69) is 5.32 Å². The minimum absolute atomic E-state index is 0.744. The van der Waals surface area contributed by atoms with E-state index in [-0.39, 0.29) is 0 Å². The first-order chi connectivity index (χ1) is 12.8. The third-order valence-corrected chi connectivity index (χ3v) is 3.23. The molecule has 0 atom stereocenters. The van der Waals surface area contributed by atoms with Crippen LogP contribution in [0.1, 0.15) is 20.8 Å². The Kier molecular flexibility index (Phi) is 8.82. The number of nitro groups is 3. The first-order valence-electron chi connectivity index (χ1n) is 7.37. The second kappa shape index (κ2) is 10.0. The van der Waals surface area contributed by atoms with E-state index in [4.69, 9.17) is 14.2 Å². The maximum atomic E-state index is 11.1. The van der Waals surface area contributed by atoms with Gasteiger partial charge in [0.25, 0.3) is 0 Å². The molecule has 0 rings (SSSR count). The van der Waals surface area contributed by atoms with Crippen molar-refractivity contribution in [2.45, 2.75) is 32.1 Å². The molecule has 0 aliphatic carbocycles. The van der Waals surface area contributed by atoms with Crippen LogP contribution in [0.5, 0.6) is 0 Å². The summed E-state index contributed by atoms with van der Waals surface area (Å²) in [6.45, 7) is -0.790. The summed E-state index contributed by atoms with van der Waals surface area (Å²) >= 11 is 0. The molecule has 158 valence electrons. The van der Waals surface area contributed by atoms with E-state index in [1.807, 2.05) is 0 Å². The lowest BCUT2D eigenvalue weighted by atomic mass is 10.0. The van der Waals surface area contributed by atoms with Crippen molar-refractivity contribution in [1.82, 2.24) is 5.32 Å². The van der Waals surface area contributed by atoms with E-state index in [1.54, 1.807) is 0 Å². The maximum Gasteiger partial charge on any atom is 0.712 e. The van der Waals surface area contributed by atoms with Crippen molar-refractivity contribution in [3.05, 3.63) is 30.3 Å². The Balaban J connectivity index is 5.94. The number of carbonyl (C=O) groups is 3. The number of esters is 3. The number of carbonyl (C=O) groups excluding carboxylic acids is 3. The lowest BCUT2D eigenvalue weighted by Crippen LogP contribution is -2.66. The van der Waals surface area contributed by atoms with Gasteiger partial charge in [0.2, 0.25) is 6.54 Å². The van der Waals surface area contributed by atoms with Gasteiger partial charge >= 0.3 is 23.7 Å². The summed E-state index contributed by atoms with van der Waals surface area (Å²) in [6.07, 6.45) is 0. The summed E-state index contributed by atoms with van der Waals surface area (Å²) in [6, 6.07) is 0. The highest BCUT2D eigenvalue weighted by molar-refractivity contribution is 5.67. The van der Waals surface area contributed by atoms with Gasteiger partial charge in [-0.25, -0.2) is 0 Å². The Hall–Kier alpha value is -3.43. The molecule has 0 fully saturated rings. The van der Waals surface area contributed by atoms with Crippen LogP contribution < -0.4 is 5.32 Å². The van der Waals surface area contributed by atoms with Crippen LogP contribution in [0.15, 0.2) is 0 Å². The second-order valence-electron chi connectivity index (χ2n) is 5.52. The quantitative estimate of drug-likeness (QED) is 0.127. The average Bonchev–Trinajstić information content (AvgIpc) is 2.54. The Bertz CT molecular complexity index is 581. The molecule has 16 heteroatoms. The van der Waals surface area contributed by atoms with Crippen molar-refractivity contribution in [2.24, 2.45) is 0 Å². The van der Waals surface area contributed by atoms with Gasteiger partial charge in [0.15, 0.2) is 14.8 Å². The Morgan fingerprint density at radius 2 is 1.04 bits per heavy atom. The molecule has 0 aromatic carbocycles. The highest BCUT2D eigenvalue weighted by Crippen LogP contribution is 2.16. The van der Waals surface area contributed by atoms with Gasteiger partial charge in [0.05, 0.1) is 0 Å². The van der Waals surface area contributed by atoms with Gasteiger partial charge in [-0.15, -0.1) is 0 Å². The van der Waals surface area contributed by atoms with Crippen molar-refractivity contribution in [3.63, 3.8) is 0 Å². The lowest BCUT2D eigenvalue weighted by molar-refractivity contribution is -0.966. The fourth-order valence-electron chi connectivity index (χ4n) is 1.70. The van der Waals surface area contributed by atoms with Crippen molar-refractivity contribution in [3.8, 4) is 0 Å². The normalized spacial score (nSPS) is 11.2. The van der Waals surface area contributed by atoms with E-state index in [0.29, 0.717) is 0 Å². The summed E-state index contributed by atoms with van der Waals surface area (Å²) in [5, 5.41) is 35.3. The zero-order chi connectivity index (χ0) is 22.1. The van der Waals surface area contributed by atoms with Gasteiger partial charge in [0, 0.05) is 20.8 Å². The monoisotopic (exact) mass is 410 g/mol. The smallest absolute Gasteiger partial charge is 0.464 e. The number of nitrogens with zero attached hydrogens (tertiary/aromatic N) is 3. The van der Waals surface area contributed by atoms with Gasteiger partial charge in [0.1, 0.15) is 25.4 Å². The number of hydrogen-bond acceptors (Lipinski definition) is 13. The molecule has 0 saturated carbocycles. The van der Waals surface area contributed by atoms with E-state index in [0.717, 1.165) is 20.8 Å². The molecule has 16 nitrogen and oxygen atoms in total. The van der Waals surface area contributed by atoms with Crippen LogP contribution in [0.3, 0.4) is 0 Å². The minimum Gasteiger partial charge on any atom is -0.464 e. The first kappa shape index (κ1) is 24.6. The topological polar surface area (TPSA) is 220 Å². The number of hydrogen-bond donors (Lipinski definition) is 1. The lowest BCUT2D eigenvalue weighted by Gasteiger charge is -2.32. The SMILES string of the molecule is CC(=O)OCC(COC(C)=O)(COC(C)=O)NCC([N+](=O)[O-])([N+](=O)[O-])[N+](=O)[O-]. The number of ether oxygens (including phenoxy) is 3. The summed E-state index contributed by atoms with van der Waals surface area (Å²) in [7, 11) is 0. The van der Waals surface area contributed by atoms with Gasteiger partial charge in [-0.1, -0.05) is 0 Å². The van der Waals surface area contributed by atoms with E-state index < -0.39 is 70.4 Å². The minimum atomic E-state index is -3.89. The van der Waals surface area contributed by atoms with Crippen molar-refractivity contribution < 1.29 is 43.4 Å².